The molecule has 0 amide bonds. The van der Waals surface area contributed by atoms with Crippen molar-refractivity contribution in [2.24, 2.45) is 4.99 Å². The maximum absolute atomic E-state index is 14.4. The molecule has 1 aromatic heterocycles. The van der Waals surface area contributed by atoms with E-state index < -0.39 is 12.0 Å². The molecule has 9 nitrogen and oxygen atoms in total. The Labute approximate surface area is 302 Å². The molecule has 1 atom stereocenters. The molecule has 0 spiro atoms. The summed E-state index contributed by atoms with van der Waals surface area (Å²) in [5.41, 5.74) is 3.10. The van der Waals surface area contributed by atoms with Gasteiger partial charge in [-0.2, -0.15) is 0 Å². The van der Waals surface area contributed by atoms with Crippen LogP contribution in [0.4, 0.5) is 0 Å². The van der Waals surface area contributed by atoms with Gasteiger partial charge in [0.2, 0.25) is 0 Å². The lowest BCUT2D eigenvalue weighted by molar-refractivity contribution is -0.138. The molecule has 0 radical (unpaired) electrons. The van der Waals surface area contributed by atoms with Crippen molar-refractivity contribution in [3.63, 3.8) is 0 Å². The summed E-state index contributed by atoms with van der Waals surface area (Å²) in [5, 5.41) is 1.03. The van der Waals surface area contributed by atoms with Crippen LogP contribution in [0.5, 0.6) is 23.0 Å². The van der Waals surface area contributed by atoms with E-state index in [1.807, 2.05) is 36.4 Å². The molecule has 0 bridgehead atoms. The van der Waals surface area contributed by atoms with Gasteiger partial charge in [0.1, 0.15) is 6.61 Å². The monoisotopic (exact) mass is 730 g/mol. The van der Waals surface area contributed by atoms with Crippen LogP contribution >= 0.6 is 34.5 Å². The van der Waals surface area contributed by atoms with Crippen LogP contribution in [0.25, 0.3) is 11.8 Å². The van der Waals surface area contributed by atoms with Crippen molar-refractivity contribution in [3.8, 4) is 23.0 Å². The molecule has 6 rings (SSSR count). The summed E-state index contributed by atoms with van der Waals surface area (Å²) in [4.78, 5) is 33.5. The van der Waals surface area contributed by atoms with Gasteiger partial charge in [-0.25, -0.2) is 9.79 Å². The lowest BCUT2D eigenvalue weighted by Crippen LogP contribution is -2.40. The van der Waals surface area contributed by atoms with E-state index in [1.165, 1.54) is 23.0 Å². The Hall–Kier alpha value is -5.03. The predicted molar refractivity (Wildman–Crippen MR) is 194 cm³/mol. The van der Waals surface area contributed by atoms with E-state index in [1.54, 1.807) is 75.8 Å². The fraction of sp³-hybridized carbons (Fsp3) is 0.184. The molecule has 0 unspecified atom stereocenters. The molecule has 12 heteroatoms. The van der Waals surface area contributed by atoms with Gasteiger partial charge in [-0.15, -0.1) is 0 Å². The Kier molecular flexibility index (Phi) is 10.6. The molecule has 2 heterocycles. The van der Waals surface area contributed by atoms with Crippen LogP contribution < -0.4 is 33.8 Å². The number of carbonyl (C=O) groups excluding carboxylic acids is 1. The normalized spacial score (nSPS) is 14.1. The first kappa shape index (κ1) is 34.8. The number of benzene rings is 4. The van der Waals surface area contributed by atoms with Crippen molar-refractivity contribution < 1.29 is 28.5 Å². The van der Waals surface area contributed by atoms with Crippen molar-refractivity contribution >= 4 is 52.3 Å². The zero-order valence-corrected chi connectivity index (χ0v) is 29.9. The number of hydrogen-bond acceptors (Lipinski definition) is 9. The molecular weight excluding hydrogens is 699 g/mol. The minimum absolute atomic E-state index is 0.141. The predicted octanol–water partition coefficient (Wildman–Crippen LogP) is 6.85. The Morgan fingerprint density at radius 1 is 0.880 bits per heavy atom. The molecule has 1 aliphatic heterocycles. The first-order valence-electron chi connectivity index (χ1n) is 15.5. The first-order chi connectivity index (χ1) is 24.3. The van der Waals surface area contributed by atoms with Gasteiger partial charge in [-0.3, -0.25) is 9.36 Å². The molecule has 0 saturated carbocycles. The summed E-state index contributed by atoms with van der Waals surface area (Å²) in [7, 11) is 4.61. The summed E-state index contributed by atoms with van der Waals surface area (Å²) >= 11 is 13.6. The van der Waals surface area contributed by atoms with Gasteiger partial charge in [0, 0.05) is 21.2 Å². The summed E-state index contributed by atoms with van der Waals surface area (Å²) < 4.78 is 30.2. The number of methoxy groups -OCH3 is 3. The van der Waals surface area contributed by atoms with E-state index in [0.29, 0.717) is 64.8 Å². The second-order valence-corrected chi connectivity index (χ2v) is 12.8. The number of carbonyl (C=O) groups is 1. The maximum Gasteiger partial charge on any atom is 0.338 e. The van der Waals surface area contributed by atoms with Crippen LogP contribution in [-0.4, -0.2) is 38.5 Å². The molecule has 0 aliphatic carbocycles. The van der Waals surface area contributed by atoms with Crippen LogP contribution in [0.15, 0.2) is 100 Å². The van der Waals surface area contributed by atoms with Crippen LogP contribution in [0.1, 0.15) is 35.2 Å². The largest absolute Gasteiger partial charge is 0.493 e. The van der Waals surface area contributed by atoms with Crippen LogP contribution in [-0.2, 0) is 16.1 Å². The zero-order valence-electron chi connectivity index (χ0n) is 27.6. The number of ether oxygens (including phenoxy) is 5. The second-order valence-electron chi connectivity index (χ2n) is 11.0. The van der Waals surface area contributed by atoms with Gasteiger partial charge in [0.05, 0.1) is 49.8 Å². The van der Waals surface area contributed by atoms with Gasteiger partial charge in [-0.05, 0) is 60.5 Å². The summed E-state index contributed by atoms with van der Waals surface area (Å²) in [6, 6.07) is 24.4. The molecule has 256 valence electrons. The smallest absolute Gasteiger partial charge is 0.338 e. The Morgan fingerprint density at radius 3 is 2.30 bits per heavy atom. The minimum atomic E-state index is -0.882. The standard InChI is InChI=1S/C38H32Cl2N2O7S/c1-5-48-37(44)33-34(23-9-7-6-8-10-23)41-38-42(35(33)24-13-16-28(45-2)31(19-24)47-4)36(43)32(50-38)18-22-11-15-29(30(17-22)46-3)49-21-25-12-14-26(39)20-27(25)40/h6-20,35H,5,21H2,1-4H3/b32-18-/t35-/m1/s1. The number of hydrogen-bond donors (Lipinski definition) is 0. The maximum atomic E-state index is 14.4. The third kappa shape index (κ3) is 7.00. The highest BCUT2D eigenvalue weighted by Crippen LogP contribution is 2.38. The number of rotatable bonds is 11. The minimum Gasteiger partial charge on any atom is -0.493 e. The van der Waals surface area contributed by atoms with E-state index in [-0.39, 0.29) is 24.3 Å². The fourth-order valence-electron chi connectivity index (χ4n) is 5.62. The van der Waals surface area contributed by atoms with E-state index in [0.717, 1.165) is 5.56 Å². The fourth-order valence-corrected chi connectivity index (χ4v) is 7.08. The van der Waals surface area contributed by atoms with Gasteiger partial charge < -0.3 is 23.7 Å². The molecule has 1 aliphatic rings. The van der Waals surface area contributed by atoms with E-state index in [2.05, 4.69) is 0 Å². The molecule has 5 aromatic rings. The van der Waals surface area contributed by atoms with E-state index in [9.17, 15) is 9.59 Å². The summed E-state index contributed by atoms with van der Waals surface area (Å²) in [5.74, 6) is 1.34. The Bertz CT molecular complexity index is 2280. The van der Waals surface area contributed by atoms with Crippen molar-refractivity contribution in [2.45, 2.75) is 19.6 Å². The SMILES string of the molecule is CCOC(=O)C1=C(c2ccccc2)N=c2s/c(=C\c3ccc(OCc4ccc(Cl)cc4Cl)c(OC)c3)c(=O)n2[C@@H]1c1ccc(OC)c(OC)c1. The van der Waals surface area contributed by atoms with Crippen LogP contribution in [0.3, 0.4) is 0 Å². The lowest BCUT2D eigenvalue weighted by Gasteiger charge is -2.26. The number of thiazole rings is 1. The Balaban J connectivity index is 1.48. The molecule has 0 saturated heterocycles. The van der Waals surface area contributed by atoms with Crippen molar-refractivity contribution in [1.82, 2.24) is 4.57 Å². The average Bonchev–Trinajstić information content (AvgIpc) is 3.44. The third-order valence-electron chi connectivity index (χ3n) is 7.98. The summed E-state index contributed by atoms with van der Waals surface area (Å²) in [6.45, 7) is 2.08. The summed E-state index contributed by atoms with van der Waals surface area (Å²) in [6.07, 6.45) is 1.76. The van der Waals surface area contributed by atoms with Gasteiger partial charge in [0.15, 0.2) is 27.8 Å². The molecule has 0 fully saturated rings. The molecule has 0 N–H and O–H groups in total. The lowest BCUT2D eigenvalue weighted by atomic mass is 9.93. The number of nitrogens with zero attached hydrogens (tertiary/aromatic N) is 2. The molecule has 50 heavy (non-hydrogen) atoms. The number of fused-ring (bicyclic) bond motifs is 1. The highest BCUT2D eigenvalue weighted by atomic mass is 35.5. The van der Waals surface area contributed by atoms with Gasteiger partial charge in [-0.1, -0.05) is 83.1 Å². The zero-order chi connectivity index (χ0) is 35.4. The van der Waals surface area contributed by atoms with Crippen LogP contribution in [0, 0.1) is 0 Å². The Morgan fingerprint density at radius 2 is 1.60 bits per heavy atom. The second kappa shape index (κ2) is 15.2. The van der Waals surface area contributed by atoms with Crippen LogP contribution in [0.2, 0.25) is 10.0 Å². The van der Waals surface area contributed by atoms with Crippen molar-refractivity contribution in [1.29, 1.82) is 0 Å². The van der Waals surface area contributed by atoms with E-state index >= 15 is 0 Å². The molecule has 4 aromatic carbocycles. The average molecular weight is 732 g/mol. The van der Waals surface area contributed by atoms with E-state index in [4.69, 9.17) is 51.9 Å². The van der Waals surface area contributed by atoms with Gasteiger partial charge >= 0.3 is 5.97 Å². The van der Waals surface area contributed by atoms with Crippen molar-refractivity contribution in [2.75, 3.05) is 27.9 Å². The number of aromatic nitrogens is 1. The number of esters is 1. The van der Waals surface area contributed by atoms with Gasteiger partial charge in [0.25, 0.3) is 5.56 Å². The quantitative estimate of drug-likeness (QED) is 0.137. The molecular formula is C38H32Cl2N2O7S. The highest BCUT2D eigenvalue weighted by molar-refractivity contribution is 7.07. The van der Waals surface area contributed by atoms with Crippen molar-refractivity contribution in [3.05, 3.63) is 142 Å². The third-order valence-corrected chi connectivity index (χ3v) is 9.55. The highest BCUT2D eigenvalue weighted by Gasteiger charge is 2.35. The number of halogens is 2. The first-order valence-corrected chi connectivity index (χ1v) is 17.1. The topological polar surface area (TPSA) is 97.6 Å².